The fourth-order valence-corrected chi connectivity index (χ4v) is 11.1. The molecule has 0 saturated carbocycles. The molecule has 4 aliphatic rings. The molecule has 4 amide bonds. The number of hydrogen-bond acceptors (Lipinski definition) is 12. The molecule has 344 valence electrons. The number of nitrogens with two attached hydrogens (primary N) is 1. The lowest BCUT2D eigenvalue weighted by molar-refractivity contribution is -0.118. The van der Waals surface area contributed by atoms with Gasteiger partial charge in [0.05, 0.1) is 53.6 Å². The number of fused-ring (bicyclic) bond motifs is 8. The lowest BCUT2D eigenvalue weighted by Gasteiger charge is -2.24. The summed E-state index contributed by atoms with van der Waals surface area (Å²) in [5.41, 5.74) is 12.9. The molecule has 4 heterocycles. The Morgan fingerprint density at radius 1 is 0.746 bits per heavy atom. The van der Waals surface area contributed by atoms with E-state index in [9.17, 15) is 19.2 Å². The van der Waals surface area contributed by atoms with Crippen LogP contribution < -0.4 is 39.8 Å². The largest absolute Gasteiger partial charge is 0.493 e. The summed E-state index contributed by atoms with van der Waals surface area (Å²) in [6.45, 7) is 5.80. The number of anilines is 3. The molecule has 14 nitrogen and oxygen atoms in total. The van der Waals surface area contributed by atoms with Crippen molar-refractivity contribution in [2.24, 2.45) is 15.7 Å². The van der Waals surface area contributed by atoms with Crippen LogP contribution in [0.5, 0.6) is 23.0 Å². The molecule has 0 bridgehead atoms. The van der Waals surface area contributed by atoms with Gasteiger partial charge in [-0.3, -0.25) is 39.0 Å². The lowest BCUT2D eigenvalue weighted by Crippen LogP contribution is -2.37. The standard InChI is InChI=1S/C51H50N6O8S2/c1-29(14-15-47(52)58)66-67-51(2,3)50(61)55-34-17-30(27-64-45-23-39-37(21-43(45)62-4)48(59)56-35(25-53-39)19-32-10-6-8-12-41(32)56)16-31(18-34)28-65-46-24-40-38(22-44(46)63-5)49(60)57-36(26-54-40)20-33-11-7-9-13-42(33)57/h6-13,16-18,21-26,29,35-36H,14-15,19-20,27-28H2,1-5H3,(H2,52,58)(H,55,61)/t29?,35-,36-/m0/s1. The molecule has 5 aromatic carbocycles. The van der Waals surface area contributed by atoms with Gasteiger partial charge in [0.1, 0.15) is 13.2 Å². The van der Waals surface area contributed by atoms with E-state index in [-0.39, 0.29) is 60.6 Å². The second kappa shape index (κ2) is 18.8. The van der Waals surface area contributed by atoms with Gasteiger partial charge in [0, 0.05) is 66.1 Å². The lowest BCUT2D eigenvalue weighted by atomic mass is 10.1. The van der Waals surface area contributed by atoms with Crippen molar-refractivity contribution < 1.29 is 38.1 Å². The summed E-state index contributed by atoms with van der Waals surface area (Å²) in [6, 6.07) is 27.7. The van der Waals surface area contributed by atoms with Crippen LogP contribution in [0.1, 0.15) is 76.6 Å². The number of carbonyl (C=O) groups excluding carboxylic acids is 4. The van der Waals surface area contributed by atoms with Gasteiger partial charge in [-0.1, -0.05) is 64.9 Å². The van der Waals surface area contributed by atoms with Crippen LogP contribution in [0, 0.1) is 0 Å². The van der Waals surface area contributed by atoms with Crippen LogP contribution in [0.4, 0.5) is 28.4 Å². The molecule has 9 rings (SSSR count). The fraction of sp³-hybridized carbons (Fsp3) is 0.294. The van der Waals surface area contributed by atoms with Crippen molar-refractivity contribution in [3.05, 3.63) is 124 Å². The molecule has 0 fully saturated rings. The highest BCUT2D eigenvalue weighted by Crippen LogP contribution is 2.44. The molecule has 0 aromatic heterocycles. The number of primary amides is 1. The number of ether oxygens (including phenoxy) is 4. The van der Waals surface area contributed by atoms with E-state index in [1.807, 2.05) is 99.9 Å². The first kappa shape index (κ1) is 45.4. The molecule has 0 spiro atoms. The third-order valence-corrected chi connectivity index (χ3v) is 15.9. The minimum absolute atomic E-state index is 0.0524. The predicted octanol–water partition coefficient (Wildman–Crippen LogP) is 9.19. The van der Waals surface area contributed by atoms with Gasteiger partial charge in [-0.15, -0.1) is 0 Å². The average Bonchev–Trinajstić information content (AvgIpc) is 3.82. The summed E-state index contributed by atoms with van der Waals surface area (Å²) < 4.78 is 23.6. The number of carbonyl (C=O) groups is 4. The van der Waals surface area contributed by atoms with E-state index >= 15 is 0 Å². The van der Waals surface area contributed by atoms with E-state index in [0.717, 1.165) is 22.5 Å². The van der Waals surface area contributed by atoms with E-state index in [1.165, 1.54) is 35.8 Å². The summed E-state index contributed by atoms with van der Waals surface area (Å²) in [5, 5.41) is 3.20. The normalized spacial score (nSPS) is 17.0. The van der Waals surface area contributed by atoms with E-state index < -0.39 is 4.75 Å². The van der Waals surface area contributed by atoms with Gasteiger partial charge in [-0.05, 0) is 85.0 Å². The van der Waals surface area contributed by atoms with Crippen molar-refractivity contribution in [3.8, 4) is 23.0 Å². The van der Waals surface area contributed by atoms with Crippen LogP contribution in [0.15, 0.2) is 101 Å². The number of hydrogen-bond donors (Lipinski definition) is 2. The van der Waals surface area contributed by atoms with Crippen LogP contribution in [0.2, 0.25) is 0 Å². The summed E-state index contributed by atoms with van der Waals surface area (Å²) >= 11 is 0. The zero-order chi connectivity index (χ0) is 47.0. The summed E-state index contributed by atoms with van der Waals surface area (Å²) in [6.07, 6.45) is 5.84. The maximum absolute atomic E-state index is 14.0. The van der Waals surface area contributed by atoms with Crippen molar-refractivity contribution in [3.63, 3.8) is 0 Å². The Morgan fingerprint density at radius 2 is 1.24 bits per heavy atom. The van der Waals surface area contributed by atoms with E-state index in [0.29, 0.717) is 81.6 Å². The maximum Gasteiger partial charge on any atom is 0.261 e. The summed E-state index contributed by atoms with van der Waals surface area (Å²) in [7, 11) is 6.00. The van der Waals surface area contributed by atoms with Crippen LogP contribution in [-0.4, -0.2) is 72.4 Å². The third kappa shape index (κ3) is 9.32. The molecule has 3 N–H and O–H groups in total. The monoisotopic (exact) mass is 938 g/mol. The molecular weight excluding hydrogens is 889 g/mol. The summed E-state index contributed by atoms with van der Waals surface area (Å²) in [5.74, 6) is 0.570. The van der Waals surface area contributed by atoms with Gasteiger partial charge < -0.3 is 30.0 Å². The van der Waals surface area contributed by atoms with Gasteiger partial charge in [0.25, 0.3) is 11.8 Å². The Labute approximate surface area is 396 Å². The molecule has 0 saturated heterocycles. The highest BCUT2D eigenvalue weighted by atomic mass is 33.1. The number of para-hydroxylation sites is 2. The van der Waals surface area contributed by atoms with E-state index in [2.05, 4.69) is 5.32 Å². The van der Waals surface area contributed by atoms with Crippen molar-refractivity contribution in [2.75, 3.05) is 29.3 Å². The number of amides is 4. The number of methoxy groups -OCH3 is 2. The quantitative estimate of drug-likeness (QED) is 0.0908. The minimum atomic E-state index is -0.858. The molecule has 16 heteroatoms. The second-order valence-electron chi connectivity index (χ2n) is 17.3. The van der Waals surface area contributed by atoms with Crippen LogP contribution in [-0.2, 0) is 35.6 Å². The predicted molar refractivity (Wildman–Crippen MR) is 265 cm³/mol. The van der Waals surface area contributed by atoms with Crippen molar-refractivity contribution in [1.82, 2.24) is 0 Å². The Bertz CT molecular complexity index is 2710. The van der Waals surface area contributed by atoms with Crippen molar-refractivity contribution >= 4 is 86.1 Å². The van der Waals surface area contributed by atoms with Gasteiger partial charge in [-0.2, -0.15) is 0 Å². The molecule has 0 aliphatic carbocycles. The van der Waals surface area contributed by atoms with Gasteiger partial charge >= 0.3 is 0 Å². The average molecular weight is 939 g/mol. The Kier molecular flexibility index (Phi) is 12.8. The molecule has 67 heavy (non-hydrogen) atoms. The Hall–Kier alpha value is -6.78. The molecule has 5 aromatic rings. The molecule has 0 radical (unpaired) electrons. The first-order chi connectivity index (χ1) is 32.3. The maximum atomic E-state index is 14.0. The zero-order valence-electron chi connectivity index (χ0n) is 37.7. The van der Waals surface area contributed by atoms with Gasteiger partial charge in [0.15, 0.2) is 23.0 Å². The minimum Gasteiger partial charge on any atom is -0.493 e. The molecule has 4 aliphatic heterocycles. The zero-order valence-corrected chi connectivity index (χ0v) is 39.4. The van der Waals surface area contributed by atoms with E-state index in [1.54, 1.807) is 34.1 Å². The van der Waals surface area contributed by atoms with Crippen LogP contribution in [0.3, 0.4) is 0 Å². The fourth-order valence-electron chi connectivity index (χ4n) is 8.62. The summed E-state index contributed by atoms with van der Waals surface area (Å²) in [4.78, 5) is 66.4. The number of nitrogens with zero attached hydrogens (tertiary/aromatic N) is 4. The highest BCUT2D eigenvalue weighted by Gasteiger charge is 2.38. The van der Waals surface area contributed by atoms with Crippen LogP contribution in [0.25, 0.3) is 0 Å². The smallest absolute Gasteiger partial charge is 0.261 e. The highest BCUT2D eigenvalue weighted by molar-refractivity contribution is 8.77. The molecule has 3 atom stereocenters. The third-order valence-electron chi connectivity index (χ3n) is 12.1. The number of benzene rings is 5. The number of nitrogens with one attached hydrogen (secondary N) is 1. The van der Waals surface area contributed by atoms with Gasteiger partial charge in [0.2, 0.25) is 11.8 Å². The van der Waals surface area contributed by atoms with Gasteiger partial charge in [-0.25, -0.2) is 0 Å². The number of aliphatic imine (C=N–C) groups is 2. The van der Waals surface area contributed by atoms with E-state index in [4.69, 9.17) is 34.7 Å². The van der Waals surface area contributed by atoms with Crippen molar-refractivity contribution in [1.29, 1.82) is 0 Å². The first-order valence-electron chi connectivity index (χ1n) is 22.0. The molecule has 1 unspecified atom stereocenters. The van der Waals surface area contributed by atoms with Crippen LogP contribution >= 0.6 is 21.6 Å². The molecular formula is C51H50N6O8S2. The Balaban J connectivity index is 0.975. The Morgan fingerprint density at radius 3 is 1.72 bits per heavy atom. The first-order valence-corrected chi connectivity index (χ1v) is 24.2. The number of rotatable bonds is 16. The topological polar surface area (TPSA) is 174 Å². The van der Waals surface area contributed by atoms with Crippen molar-refractivity contribution in [2.45, 2.75) is 81.7 Å². The SMILES string of the molecule is COc1cc2c(cc1OCc1cc(COc3cc4c(cc3OC)C(=O)N3c5ccccc5C[C@H]3C=N4)cc(NC(=O)C(C)(C)SSC(C)CCC(N)=O)c1)N=C[C@@H]1Cc3ccccc3N1C2=O. The second-order valence-corrected chi connectivity index (χ2v) is 20.6.